The minimum absolute atomic E-state index is 0.0467. The number of thioether (sulfide) groups is 1. The number of pyridine rings is 2. The number of aromatic nitrogens is 2. The molecule has 5 heteroatoms. The first-order valence-corrected chi connectivity index (χ1v) is 7.40. The van der Waals surface area contributed by atoms with Crippen molar-refractivity contribution in [1.82, 2.24) is 9.97 Å². The van der Waals surface area contributed by atoms with E-state index in [4.69, 9.17) is 17.3 Å². The maximum Gasteiger partial charge on any atom is 0.115 e. The Morgan fingerprint density at radius 2 is 2.00 bits per heavy atom. The Morgan fingerprint density at radius 3 is 2.63 bits per heavy atom. The molecule has 2 atom stereocenters. The van der Waals surface area contributed by atoms with Gasteiger partial charge in [-0.15, -0.1) is 0 Å². The van der Waals surface area contributed by atoms with Gasteiger partial charge in [-0.05, 0) is 36.2 Å². The molecule has 0 aliphatic carbocycles. The van der Waals surface area contributed by atoms with Crippen LogP contribution in [0.2, 0.25) is 5.02 Å². The molecule has 0 amide bonds. The van der Waals surface area contributed by atoms with Gasteiger partial charge in [-0.1, -0.05) is 30.3 Å². The molecule has 0 radical (unpaired) electrons. The lowest BCUT2D eigenvalue weighted by Gasteiger charge is -2.22. The van der Waals surface area contributed by atoms with Crippen molar-refractivity contribution in [3.05, 3.63) is 53.4 Å². The van der Waals surface area contributed by atoms with Crippen molar-refractivity contribution in [1.29, 1.82) is 0 Å². The average Bonchev–Trinajstić information content (AvgIpc) is 2.46. The van der Waals surface area contributed by atoms with Gasteiger partial charge in [0.05, 0.1) is 10.3 Å². The second-order valence-electron chi connectivity index (χ2n) is 4.18. The molecule has 2 rings (SSSR count). The van der Waals surface area contributed by atoms with Crippen LogP contribution in [0, 0.1) is 0 Å². The van der Waals surface area contributed by atoms with E-state index in [2.05, 4.69) is 16.9 Å². The zero-order valence-electron chi connectivity index (χ0n) is 10.7. The summed E-state index contributed by atoms with van der Waals surface area (Å²) in [5, 5.41) is 1.60. The average molecular weight is 294 g/mol. The Morgan fingerprint density at radius 1 is 1.26 bits per heavy atom. The smallest absolute Gasteiger partial charge is 0.115 e. The van der Waals surface area contributed by atoms with Crippen molar-refractivity contribution in [2.24, 2.45) is 5.73 Å². The highest BCUT2D eigenvalue weighted by Gasteiger charge is 2.21. The molecule has 0 saturated heterocycles. The molecular formula is C14H16ClN3S. The summed E-state index contributed by atoms with van der Waals surface area (Å²) in [6, 6.07) is 7.70. The standard InChI is InChI=1S/C14H16ClN3S/c1-2-12(16)13(10-5-8-17-9-6-10)19-14-11(15)4-3-7-18-14/h3-9,12-13H,2,16H2,1H3. The molecule has 0 aliphatic heterocycles. The first-order chi connectivity index (χ1) is 9.22. The molecule has 2 unspecified atom stereocenters. The Labute approximate surface area is 122 Å². The SMILES string of the molecule is CCC(N)C(Sc1ncccc1Cl)c1ccncc1. The molecule has 2 heterocycles. The van der Waals surface area contributed by atoms with Crippen LogP contribution in [-0.2, 0) is 0 Å². The number of nitrogens with two attached hydrogens (primary N) is 1. The molecule has 0 aromatic carbocycles. The van der Waals surface area contributed by atoms with Gasteiger partial charge in [0.15, 0.2) is 0 Å². The topological polar surface area (TPSA) is 51.8 Å². The first kappa shape index (κ1) is 14.3. The van der Waals surface area contributed by atoms with Crippen LogP contribution >= 0.6 is 23.4 Å². The van der Waals surface area contributed by atoms with Crippen molar-refractivity contribution in [2.45, 2.75) is 29.7 Å². The normalized spacial score (nSPS) is 14.1. The van der Waals surface area contributed by atoms with Gasteiger partial charge in [0, 0.05) is 24.6 Å². The minimum atomic E-state index is 0.0467. The Hall–Kier alpha value is -1.10. The van der Waals surface area contributed by atoms with Crippen LogP contribution in [0.3, 0.4) is 0 Å². The minimum Gasteiger partial charge on any atom is -0.326 e. The molecule has 0 bridgehead atoms. The zero-order valence-corrected chi connectivity index (χ0v) is 12.2. The summed E-state index contributed by atoms with van der Waals surface area (Å²) in [6.07, 6.45) is 6.20. The van der Waals surface area contributed by atoms with Crippen LogP contribution in [0.25, 0.3) is 0 Å². The van der Waals surface area contributed by atoms with E-state index in [0.29, 0.717) is 5.02 Å². The third-order valence-corrected chi connectivity index (χ3v) is 4.70. The van der Waals surface area contributed by atoms with Crippen LogP contribution in [0.1, 0.15) is 24.2 Å². The maximum absolute atomic E-state index is 6.24. The number of hydrogen-bond acceptors (Lipinski definition) is 4. The van der Waals surface area contributed by atoms with Gasteiger partial charge in [-0.3, -0.25) is 4.98 Å². The molecular weight excluding hydrogens is 278 g/mol. The molecule has 2 N–H and O–H groups in total. The maximum atomic E-state index is 6.24. The van der Waals surface area contributed by atoms with Gasteiger partial charge in [-0.2, -0.15) is 0 Å². The highest BCUT2D eigenvalue weighted by atomic mass is 35.5. The van der Waals surface area contributed by atoms with E-state index >= 15 is 0 Å². The highest BCUT2D eigenvalue weighted by Crippen LogP contribution is 2.39. The van der Waals surface area contributed by atoms with Crippen LogP contribution in [0.5, 0.6) is 0 Å². The van der Waals surface area contributed by atoms with Gasteiger partial charge in [-0.25, -0.2) is 4.98 Å². The van der Waals surface area contributed by atoms with E-state index in [1.54, 1.807) is 30.4 Å². The monoisotopic (exact) mass is 293 g/mol. The predicted molar refractivity (Wildman–Crippen MR) is 80.3 cm³/mol. The molecule has 3 nitrogen and oxygen atoms in total. The number of rotatable bonds is 5. The predicted octanol–water partition coefficient (Wildman–Crippen LogP) is 3.70. The largest absolute Gasteiger partial charge is 0.326 e. The van der Waals surface area contributed by atoms with Gasteiger partial charge < -0.3 is 5.73 Å². The van der Waals surface area contributed by atoms with Crippen molar-refractivity contribution >= 4 is 23.4 Å². The third-order valence-electron chi connectivity index (χ3n) is 2.86. The molecule has 100 valence electrons. The van der Waals surface area contributed by atoms with Crippen LogP contribution < -0.4 is 5.73 Å². The highest BCUT2D eigenvalue weighted by molar-refractivity contribution is 7.99. The summed E-state index contributed by atoms with van der Waals surface area (Å²) < 4.78 is 0. The quantitative estimate of drug-likeness (QED) is 0.854. The van der Waals surface area contributed by atoms with Crippen molar-refractivity contribution in [3.63, 3.8) is 0 Å². The van der Waals surface area contributed by atoms with Gasteiger partial charge in [0.1, 0.15) is 5.03 Å². The summed E-state index contributed by atoms with van der Waals surface area (Å²) in [7, 11) is 0. The first-order valence-electron chi connectivity index (χ1n) is 6.15. The molecule has 19 heavy (non-hydrogen) atoms. The second kappa shape index (κ2) is 6.89. The Balaban J connectivity index is 2.27. The third kappa shape index (κ3) is 3.69. The zero-order chi connectivity index (χ0) is 13.7. The summed E-state index contributed by atoms with van der Waals surface area (Å²) in [4.78, 5) is 8.37. The lowest BCUT2D eigenvalue weighted by atomic mass is 10.1. The van der Waals surface area contributed by atoms with Crippen molar-refractivity contribution in [2.75, 3.05) is 0 Å². The van der Waals surface area contributed by atoms with E-state index in [0.717, 1.165) is 17.0 Å². The van der Waals surface area contributed by atoms with Crippen LogP contribution in [0.4, 0.5) is 0 Å². The Bertz CT molecular complexity index is 521. The number of nitrogens with zero attached hydrogens (tertiary/aromatic N) is 2. The van der Waals surface area contributed by atoms with Crippen LogP contribution in [0.15, 0.2) is 47.9 Å². The van der Waals surface area contributed by atoms with Crippen molar-refractivity contribution < 1.29 is 0 Å². The fourth-order valence-corrected chi connectivity index (χ4v) is 3.21. The van der Waals surface area contributed by atoms with Gasteiger partial charge in [0.2, 0.25) is 0 Å². The number of hydrogen-bond donors (Lipinski definition) is 1. The molecule has 0 saturated carbocycles. The van der Waals surface area contributed by atoms with E-state index < -0.39 is 0 Å². The fourth-order valence-electron chi connectivity index (χ4n) is 1.75. The van der Waals surface area contributed by atoms with E-state index in [-0.39, 0.29) is 11.3 Å². The van der Waals surface area contributed by atoms with Gasteiger partial charge in [0.25, 0.3) is 0 Å². The molecule has 2 aromatic heterocycles. The number of halogens is 1. The summed E-state index contributed by atoms with van der Waals surface area (Å²) in [5.74, 6) is 0. The summed E-state index contributed by atoms with van der Waals surface area (Å²) >= 11 is 7.77. The lowest BCUT2D eigenvalue weighted by molar-refractivity contribution is 0.633. The molecule has 0 aliphatic rings. The van der Waals surface area contributed by atoms with Crippen LogP contribution in [-0.4, -0.2) is 16.0 Å². The summed E-state index contributed by atoms with van der Waals surface area (Å²) in [5.41, 5.74) is 7.38. The molecule has 2 aromatic rings. The van der Waals surface area contributed by atoms with Gasteiger partial charge >= 0.3 is 0 Å². The molecule has 0 fully saturated rings. The van der Waals surface area contributed by atoms with E-state index in [1.807, 2.05) is 24.3 Å². The van der Waals surface area contributed by atoms with Crippen molar-refractivity contribution in [3.8, 4) is 0 Å². The lowest BCUT2D eigenvalue weighted by Crippen LogP contribution is -2.25. The second-order valence-corrected chi connectivity index (χ2v) is 5.72. The van der Waals surface area contributed by atoms with E-state index in [1.165, 1.54) is 0 Å². The summed E-state index contributed by atoms with van der Waals surface area (Å²) in [6.45, 7) is 2.08. The fraction of sp³-hybridized carbons (Fsp3) is 0.286. The van der Waals surface area contributed by atoms with E-state index in [9.17, 15) is 0 Å². The Kier molecular flexibility index (Phi) is 5.19. The molecule has 0 spiro atoms.